The smallest absolute Gasteiger partial charge is 0.148 e. The van der Waals surface area contributed by atoms with E-state index in [0.29, 0.717) is 11.4 Å². The molecule has 1 N–H and O–H groups in total. The van der Waals surface area contributed by atoms with Crippen LogP contribution in [0.4, 0.5) is 0 Å². The maximum Gasteiger partial charge on any atom is 0.148 e. The van der Waals surface area contributed by atoms with Gasteiger partial charge in [-0.05, 0) is 101 Å². The molecule has 0 bridgehead atoms. The third-order valence-electron chi connectivity index (χ3n) is 12.7. The second-order valence-corrected chi connectivity index (χ2v) is 19.1. The van der Waals surface area contributed by atoms with Gasteiger partial charge in [-0.15, -0.1) is 29.3 Å². The first-order valence-corrected chi connectivity index (χ1v) is 21.0. The van der Waals surface area contributed by atoms with Gasteiger partial charge < -0.3 is 5.11 Å². The Morgan fingerprint density at radius 2 is 1.28 bits per heavy atom. The Morgan fingerprint density at radius 1 is 0.574 bits per heavy atom. The van der Waals surface area contributed by atoms with E-state index in [2.05, 4.69) is 201 Å². The first-order valence-electron chi connectivity index (χ1n) is 21.0. The quantitative estimate of drug-likeness (QED) is 0.162. The van der Waals surface area contributed by atoms with Gasteiger partial charge in [0.25, 0.3) is 0 Å². The number of aromatic nitrogens is 3. The normalized spacial score (nSPS) is 12.1. The molecule has 61 heavy (non-hydrogen) atoms. The molecule has 312 valence electrons. The van der Waals surface area contributed by atoms with Crippen molar-refractivity contribution in [3.05, 3.63) is 167 Å². The minimum Gasteiger partial charge on any atom is -0.507 e. The number of fused-ring (bicyclic) bond motifs is 1. The summed E-state index contributed by atoms with van der Waals surface area (Å²) in [7, 11) is 0. The van der Waals surface area contributed by atoms with Crippen molar-refractivity contribution >= 4 is 11.0 Å². The Morgan fingerprint density at radius 3 is 1.97 bits per heavy atom. The minimum absolute atomic E-state index is 0. The molecule has 0 spiro atoms. The summed E-state index contributed by atoms with van der Waals surface area (Å²) in [6.45, 7) is 24.5. The van der Waals surface area contributed by atoms with Crippen molar-refractivity contribution in [2.24, 2.45) is 5.41 Å². The number of phenols is 1. The molecule has 0 aliphatic carbocycles. The average Bonchev–Trinajstić information content (AvgIpc) is 3.61. The van der Waals surface area contributed by atoms with Crippen molar-refractivity contribution in [3.63, 3.8) is 0 Å². The van der Waals surface area contributed by atoms with Gasteiger partial charge in [0.15, 0.2) is 0 Å². The Hall–Kier alpha value is -5.57. The fourth-order valence-electron chi connectivity index (χ4n) is 8.06. The summed E-state index contributed by atoms with van der Waals surface area (Å²) in [6, 6.07) is 49.2. The summed E-state index contributed by atoms with van der Waals surface area (Å²) in [4.78, 5) is 10.4. The maximum absolute atomic E-state index is 11.8. The van der Waals surface area contributed by atoms with Crippen LogP contribution in [0.5, 0.6) is 5.75 Å². The second kappa shape index (κ2) is 16.4. The van der Waals surface area contributed by atoms with E-state index in [1.54, 1.807) is 0 Å². The molecule has 0 atom stereocenters. The molecule has 5 heteroatoms. The summed E-state index contributed by atoms with van der Waals surface area (Å²) in [6.07, 6.45) is 1.89. The van der Waals surface area contributed by atoms with Crippen LogP contribution in [0, 0.1) is 32.3 Å². The monoisotopic (exact) mass is 981 g/mol. The Balaban J connectivity index is 0.00000561. The third-order valence-corrected chi connectivity index (χ3v) is 12.7. The van der Waals surface area contributed by atoms with Crippen LogP contribution in [-0.4, -0.2) is 19.6 Å². The minimum atomic E-state index is -0.149. The Bertz CT molecular complexity index is 2890. The third kappa shape index (κ3) is 8.28. The first kappa shape index (κ1) is 43.5. The molecule has 0 fully saturated rings. The second-order valence-electron chi connectivity index (χ2n) is 19.1. The van der Waals surface area contributed by atoms with Gasteiger partial charge >= 0.3 is 0 Å². The van der Waals surface area contributed by atoms with E-state index in [4.69, 9.17) is 9.97 Å². The molecule has 2 aromatic heterocycles. The van der Waals surface area contributed by atoms with Crippen LogP contribution < -0.4 is 0 Å². The number of phenolic OH excluding ortho intramolecular Hbond substituents is 1. The number of pyridine rings is 1. The van der Waals surface area contributed by atoms with Crippen molar-refractivity contribution in [2.45, 2.75) is 87.0 Å². The van der Waals surface area contributed by atoms with Crippen molar-refractivity contribution < 1.29 is 26.2 Å². The molecular weight excluding hydrogens is 926 g/mol. The topological polar surface area (TPSA) is 50.9 Å². The summed E-state index contributed by atoms with van der Waals surface area (Å²) in [5.74, 6) is 0.912. The van der Waals surface area contributed by atoms with Gasteiger partial charge in [0.2, 0.25) is 0 Å². The number of benzene rings is 6. The Kier molecular flexibility index (Phi) is 11.7. The van der Waals surface area contributed by atoms with Crippen LogP contribution in [0.2, 0.25) is 0 Å². The molecule has 0 radical (unpaired) electrons. The van der Waals surface area contributed by atoms with Crippen LogP contribution >= 0.6 is 0 Å². The van der Waals surface area contributed by atoms with Crippen LogP contribution in [0.15, 0.2) is 134 Å². The van der Waals surface area contributed by atoms with Crippen LogP contribution in [0.25, 0.3) is 72.7 Å². The molecule has 0 aliphatic rings. The van der Waals surface area contributed by atoms with E-state index in [-0.39, 0.29) is 43.1 Å². The molecular formula is C56H56N3OPt-. The van der Waals surface area contributed by atoms with Gasteiger partial charge in [-0.25, -0.2) is 4.98 Å². The number of aryl methyl sites for hydroxylation is 3. The first-order chi connectivity index (χ1) is 28.4. The molecule has 0 saturated carbocycles. The molecule has 0 saturated heterocycles. The van der Waals surface area contributed by atoms with Gasteiger partial charge in [-0.2, -0.15) is 0 Å². The average molecular weight is 982 g/mol. The number of imidazole rings is 1. The van der Waals surface area contributed by atoms with Crippen molar-refractivity contribution in [2.75, 3.05) is 0 Å². The SMILES string of the molecule is Cc1ccc(-c2ccnc(-c3[c-]c(-c4cccc5c4nc(-c4cc(C)cc(C)c4O)n5-c4ccc(C(C)(C)C(C)(C)C)cc4-c4ccccc4)cc(C(C)(C)C)c3)c2)cc1.[Pt]. The van der Waals surface area contributed by atoms with Crippen LogP contribution in [0.1, 0.15) is 83.2 Å². The summed E-state index contributed by atoms with van der Waals surface area (Å²) in [5.41, 5.74) is 16.9. The van der Waals surface area contributed by atoms with Crippen molar-refractivity contribution in [1.82, 2.24) is 14.5 Å². The van der Waals surface area contributed by atoms with Gasteiger partial charge in [0.1, 0.15) is 11.6 Å². The van der Waals surface area contributed by atoms with E-state index in [0.717, 1.165) is 72.5 Å². The number of hydrogen-bond acceptors (Lipinski definition) is 3. The van der Waals surface area contributed by atoms with E-state index >= 15 is 0 Å². The van der Waals surface area contributed by atoms with Crippen molar-refractivity contribution in [1.29, 1.82) is 0 Å². The molecule has 4 nitrogen and oxygen atoms in total. The summed E-state index contributed by atoms with van der Waals surface area (Å²) in [5, 5.41) is 11.8. The molecule has 8 rings (SSSR count). The van der Waals surface area contributed by atoms with Crippen molar-refractivity contribution in [3.8, 4) is 67.5 Å². The zero-order chi connectivity index (χ0) is 42.7. The number of nitrogens with zero attached hydrogens (tertiary/aromatic N) is 3. The fourth-order valence-corrected chi connectivity index (χ4v) is 8.06. The molecule has 0 unspecified atom stereocenters. The van der Waals surface area contributed by atoms with Gasteiger partial charge in [-0.3, -0.25) is 9.55 Å². The standard InChI is InChI=1S/C56H56N3O.Pt/c1-35-20-22-38(23-21-35)40-26-27-57-48(33-40)42-30-41(31-44(32-42)54(4,5)6)45-18-15-19-50-51(45)58-53(47-29-36(2)28-37(3)52(47)60)59(50)49-25-24-43(56(10,11)55(7,8)9)34-46(49)39-16-13-12-14-17-39;/h12-29,31-34,60H,1-11H3;/q-1;. The van der Waals surface area contributed by atoms with E-state index in [1.165, 1.54) is 16.7 Å². The maximum atomic E-state index is 11.8. The predicted octanol–water partition coefficient (Wildman–Crippen LogP) is 14.8. The van der Waals surface area contributed by atoms with Gasteiger partial charge in [0, 0.05) is 38.5 Å². The van der Waals surface area contributed by atoms with E-state index in [1.807, 2.05) is 19.2 Å². The predicted molar refractivity (Wildman–Crippen MR) is 252 cm³/mol. The summed E-state index contributed by atoms with van der Waals surface area (Å²) < 4.78 is 2.25. The Labute approximate surface area is 377 Å². The van der Waals surface area contributed by atoms with E-state index in [9.17, 15) is 5.11 Å². The summed E-state index contributed by atoms with van der Waals surface area (Å²) >= 11 is 0. The van der Waals surface area contributed by atoms with Crippen LogP contribution in [-0.2, 0) is 31.9 Å². The number of rotatable bonds is 7. The number of aromatic hydroxyl groups is 1. The molecule has 2 heterocycles. The van der Waals surface area contributed by atoms with Crippen LogP contribution in [0.3, 0.4) is 0 Å². The van der Waals surface area contributed by atoms with E-state index < -0.39 is 0 Å². The number of para-hydroxylation sites is 1. The molecule has 0 amide bonds. The number of hydrogen-bond donors (Lipinski definition) is 1. The molecule has 0 aliphatic heterocycles. The zero-order valence-corrected chi connectivity index (χ0v) is 39.6. The largest absolute Gasteiger partial charge is 0.507 e. The fraction of sp³-hybridized carbons (Fsp3) is 0.250. The zero-order valence-electron chi connectivity index (χ0n) is 37.3. The molecule has 6 aromatic carbocycles. The molecule has 8 aromatic rings. The van der Waals surface area contributed by atoms with Gasteiger partial charge in [-0.1, -0.05) is 157 Å². The van der Waals surface area contributed by atoms with Gasteiger partial charge in [0.05, 0.1) is 22.3 Å².